The largest absolute Gasteiger partial charge is 0.484 e. The fourth-order valence-corrected chi connectivity index (χ4v) is 2.83. The van der Waals surface area contributed by atoms with Crippen molar-refractivity contribution in [1.82, 2.24) is 4.57 Å². The van der Waals surface area contributed by atoms with E-state index in [-0.39, 0.29) is 12.4 Å². The summed E-state index contributed by atoms with van der Waals surface area (Å²) in [5.41, 5.74) is 2.78. The number of benzene rings is 1. The van der Waals surface area contributed by atoms with Crippen LogP contribution in [0.5, 0.6) is 5.75 Å². The smallest absolute Gasteiger partial charge is 0.202 e. The SMILES string of the molecule is Cc1cc(C(=O)COc2ccccc2Cl)c(C)n1C(C)C. The topological polar surface area (TPSA) is 31.2 Å². The fourth-order valence-electron chi connectivity index (χ4n) is 2.64. The van der Waals surface area contributed by atoms with E-state index in [0.29, 0.717) is 22.4 Å². The number of ether oxygens (including phenoxy) is 1. The van der Waals surface area contributed by atoms with Crippen molar-refractivity contribution in [3.63, 3.8) is 0 Å². The Morgan fingerprint density at radius 2 is 1.95 bits per heavy atom. The van der Waals surface area contributed by atoms with E-state index in [0.717, 1.165) is 11.4 Å². The summed E-state index contributed by atoms with van der Waals surface area (Å²) in [6.07, 6.45) is 0. The molecule has 1 aromatic heterocycles. The molecule has 0 saturated heterocycles. The normalized spacial score (nSPS) is 11.0. The predicted octanol–water partition coefficient (Wildman–Crippen LogP) is 4.60. The van der Waals surface area contributed by atoms with Crippen molar-refractivity contribution >= 4 is 17.4 Å². The first-order valence-corrected chi connectivity index (χ1v) is 7.38. The third-order valence-corrected chi connectivity index (χ3v) is 3.81. The highest BCUT2D eigenvalue weighted by Crippen LogP contribution is 2.24. The molecule has 1 aromatic carbocycles. The summed E-state index contributed by atoms with van der Waals surface area (Å²) in [6, 6.07) is 9.41. The van der Waals surface area contributed by atoms with Crippen LogP contribution in [0.3, 0.4) is 0 Å². The third kappa shape index (κ3) is 3.30. The maximum atomic E-state index is 12.4. The molecule has 0 radical (unpaired) electrons. The number of hydrogen-bond donors (Lipinski definition) is 0. The second-order valence-corrected chi connectivity index (χ2v) is 5.80. The van der Waals surface area contributed by atoms with Crippen LogP contribution >= 0.6 is 11.6 Å². The number of ketones is 1. The summed E-state index contributed by atoms with van der Waals surface area (Å²) in [5.74, 6) is 0.500. The molecule has 0 N–H and O–H groups in total. The average molecular weight is 306 g/mol. The highest BCUT2D eigenvalue weighted by Gasteiger charge is 2.17. The van der Waals surface area contributed by atoms with E-state index in [1.807, 2.05) is 32.0 Å². The van der Waals surface area contributed by atoms with Gasteiger partial charge in [-0.2, -0.15) is 0 Å². The second kappa shape index (κ2) is 6.35. The molecule has 0 aliphatic rings. The van der Waals surface area contributed by atoms with Gasteiger partial charge in [0, 0.05) is 23.0 Å². The Morgan fingerprint density at radius 3 is 2.52 bits per heavy atom. The number of hydrogen-bond acceptors (Lipinski definition) is 2. The van der Waals surface area contributed by atoms with Crippen LogP contribution in [0.2, 0.25) is 5.02 Å². The number of nitrogens with zero attached hydrogens (tertiary/aromatic N) is 1. The van der Waals surface area contributed by atoms with Gasteiger partial charge in [0.1, 0.15) is 5.75 Å². The number of carbonyl (C=O) groups is 1. The minimum absolute atomic E-state index is 0.00782. The van der Waals surface area contributed by atoms with Crippen LogP contribution in [-0.4, -0.2) is 17.0 Å². The number of carbonyl (C=O) groups excluding carboxylic acids is 1. The first-order chi connectivity index (χ1) is 9.91. The molecule has 2 aromatic rings. The molecule has 0 bridgehead atoms. The molecular formula is C17H20ClNO2. The molecule has 0 aliphatic carbocycles. The lowest BCUT2D eigenvalue weighted by Crippen LogP contribution is -2.13. The van der Waals surface area contributed by atoms with Gasteiger partial charge in [0.05, 0.1) is 5.02 Å². The van der Waals surface area contributed by atoms with Crippen molar-refractivity contribution in [3.05, 3.63) is 52.3 Å². The van der Waals surface area contributed by atoms with Gasteiger partial charge < -0.3 is 9.30 Å². The van der Waals surface area contributed by atoms with Crippen LogP contribution in [0.1, 0.15) is 41.6 Å². The monoisotopic (exact) mass is 305 g/mol. The van der Waals surface area contributed by atoms with Gasteiger partial charge in [-0.15, -0.1) is 0 Å². The number of aromatic nitrogens is 1. The van der Waals surface area contributed by atoms with E-state index in [1.165, 1.54) is 0 Å². The van der Waals surface area contributed by atoms with E-state index in [4.69, 9.17) is 16.3 Å². The minimum atomic E-state index is -0.0325. The zero-order valence-corrected chi connectivity index (χ0v) is 13.6. The fraction of sp³-hybridized carbons (Fsp3) is 0.353. The maximum Gasteiger partial charge on any atom is 0.202 e. The summed E-state index contributed by atoms with van der Waals surface area (Å²) in [6.45, 7) is 8.18. The van der Waals surface area contributed by atoms with Crippen molar-refractivity contribution in [2.45, 2.75) is 33.7 Å². The summed E-state index contributed by atoms with van der Waals surface area (Å²) < 4.78 is 7.68. The predicted molar refractivity (Wildman–Crippen MR) is 85.6 cm³/mol. The zero-order valence-electron chi connectivity index (χ0n) is 12.8. The van der Waals surface area contributed by atoms with Crippen LogP contribution in [0, 0.1) is 13.8 Å². The van der Waals surface area contributed by atoms with E-state index in [9.17, 15) is 4.79 Å². The average Bonchev–Trinajstić information content (AvgIpc) is 2.73. The highest BCUT2D eigenvalue weighted by atomic mass is 35.5. The standard InChI is InChI=1S/C17H20ClNO2/c1-11(2)19-12(3)9-14(13(19)4)16(20)10-21-17-8-6-5-7-15(17)18/h5-9,11H,10H2,1-4H3. The van der Waals surface area contributed by atoms with Crippen molar-refractivity contribution in [1.29, 1.82) is 0 Å². The Labute approximate surface area is 130 Å². The number of rotatable bonds is 5. The number of halogens is 1. The lowest BCUT2D eigenvalue weighted by Gasteiger charge is -2.13. The molecule has 0 fully saturated rings. The third-order valence-electron chi connectivity index (χ3n) is 3.50. The molecule has 112 valence electrons. The van der Waals surface area contributed by atoms with Gasteiger partial charge in [-0.3, -0.25) is 4.79 Å². The van der Waals surface area contributed by atoms with Gasteiger partial charge >= 0.3 is 0 Å². The second-order valence-electron chi connectivity index (χ2n) is 5.39. The zero-order chi connectivity index (χ0) is 15.6. The van der Waals surface area contributed by atoms with Crippen LogP contribution in [0.15, 0.2) is 30.3 Å². The molecule has 4 heteroatoms. The molecule has 0 amide bonds. The quantitative estimate of drug-likeness (QED) is 0.756. The number of aryl methyl sites for hydroxylation is 1. The van der Waals surface area contributed by atoms with Crippen molar-refractivity contribution in [3.8, 4) is 5.75 Å². The maximum absolute atomic E-state index is 12.4. The van der Waals surface area contributed by atoms with Crippen molar-refractivity contribution in [2.24, 2.45) is 0 Å². The molecular weight excluding hydrogens is 286 g/mol. The van der Waals surface area contributed by atoms with Crippen molar-refractivity contribution in [2.75, 3.05) is 6.61 Å². The van der Waals surface area contributed by atoms with Crippen LogP contribution in [0.25, 0.3) is 0 Å². The molecule has 0 aliphatic heterocycles. The van der Waals surface area contributed by atoms with Crippen LogP contribution in [0.4, 0.5) is 0 Å². The molecule has 1 heterocycles. The van der Waals surface area contributed by atoms with Gasteiger partial charge in [0.2, 0.25) is 5.78 Å². The molecule has 21 heavy (non-hydrogen) atoms. The van der Waals surface area contributed by atoms with Crippen LogP contribution in [-0.2, 0) is 0 Å². The Morgan fingerprint density at radius 1 is 1.29 bits per heavy atom. The Balaban J connectivity index is 2.15. The van der Waals surface area contributed by atoms with E-state index < -0.39 is 0 Å². The highest BCUT2D eigenvalue weighted by molar-refractivity contribution is 6.32. The summed E-state index contributed by atoms with van der Waals surface area (Å²) >= 11 is 6.02. The molecule has 0 saturated carbocycles. The first kappa shape index (κ1) is 15.6. The van der Waals surface area contributed by atoms with Crippen molar-refractivity contribution < 1.29 is 9.53 Å². The molecule has 0 unspecified atom stereocenters. The van der Waals surface area contributed by atoms with Gasteiger partial charge in [-0.1, -0.05) is 23.7 Å². The molecule has 0 spiro atoms. The van der Waals surface area contributed by atoms with E-state index in [1.54, 1.807) is 12.1 Å². The lowest BCUT2D eigenvalue weighted by molar-refractivity contribution is 0.0921. The molecule has 3 nitrogen and oxygen atoms in total. The summed E-state index contributed by atoms with van der Waals surface area (Å²) in [4.78, 5) is 12.4. The Kier molecular flexibility index (Phi) is 4.73. The molecule has 0 atom stereocenters. The minimum Gasteiger partial charge on any atom is -0.484 e. The summed E-state index contributed by atoms with van der Waals surface area (Å²) in [7, 11) is 0. The van der Waals surface area contributed by atoms with E-state index in [2.05, 4.69) is 18.4 Å². The Bertz CT molecular complexity index is 659. The summed E-state index contributed by atoms with van der Waals surface area (Å²) in [5, 5.41) is 0.512. The van der Waals surface area contributed by atoms with Gasteiger partial charge in [0.15, 0.2) is 6.61 Å². The van der Waals surface area contributed by atoms with Gasteiger partial charge in [-0.05, 0) is 45.9 Å². The van der Waals surface area contributed by atoms with Gasteiger partial charge in [-0.25, -0.2) is 0 Å². The van der Waals surface area contributed by atoms with Crippen LogP contribution < -0.4 is 4.74 Å². The lowest BCUT2D eigenvalue weighted by atomic mass is 10.1. The van der Waals surface area contributed by atoms with Gasteiger partial charge in [0.25, 0.3) is 0 Å². The van der Waals surface area contributed by atoms with E-state index >= 15 is 0 Å². The number of Topliss-reactive ketones (excluding diaryl/α,β-unsaturated/α-hetero) is 1. The molecule has 2 rings (SSSR count). The number of para-hydroxylation sites is 1. The Hall–Kier alpha value is -1.74. The first-order valence-electron chi connectivity index (χ1n) is 7.00.